The predicted molar refractivity (Wildman–Crippen MR) is 188 cm³/mol. The summed E-state index contributed by atoms with van der Waals surface area (Å²) in [6.07, 6.45) is 6.60. The highest BCUT2D eigenvalue weighted by Crippen LogP contribution is 2.47. The fourth-order valence-electron chi connectivity index (χ4n) is 7.62. The molecule has 8 rings (SSSR count). The molecule has 1 amide bonds. The quantitative estimate of drug-likeness (QED) is 0.196. The molecule has 4 heterocycles. The zero-order valence-electron chi connectivity index (χ0n) is 28.6. The monoisotopic (exact) mass is 692 g/mol. The van der Waals surface area contributed by atoms with Crippen LogP contribution < -0.4 is 9.46 Å². The van der Waals surface area contributed by atoms with E-state index in [0.29, 0.717) is 40.9 Å². The summed E-state index contributed by atoms with van der Waals surface area (Å²) < 4.78 is 42.4. The molecular weight excluding hydrogens is 653 g/mol. The van der Waals surface area contributed by atoms with Gasteiger partial charge in [0, 0.05) is 29.2 Å². The molecule has 1 unspecified atom stereocenters. The van der Waals surface area contributed by atoms with Crippen molar-refractivity contribution in [1.82, 2.24) is 24.8 Å². The Morgan fingerprint density at radius 1 is 0.980 bits per heavy atom. The summed E-state index contributed by atoms with van der Waals surface area (Å²) in [6.45, 7) is 8.77. The van der Waals surface area contributed by atoms with Gasteiger partial charge < -0.3 is 14.1 Å². The van der Waals surface area contributed by atoms with E-state index in [1.807, 2.05) is 38.1 Å². The number of nitrogens with one attached hydrogen (secondary N) is 1. The molecule has 5 aromatic rings. The summed E-state index contributed by atoms with van der Waals surface area (Å²) in [6, 6.07) is 15.3. The third-order valence-electron chi connectivity index (χ3n) is 10.1. The second-order valence-corrected chi connectivity index (χ2v) is 16.5. The summed E-state index contributed by atoms with van der Waals surface area (Å²) in [5.41, 5.74) is 5.58. The zero-order chi connectivity index (χ0) is 34.8. The van der Waals surface area contributed by atoms with E-state index in [1.54, 1.807) is 29.3 Å². The van der Waals surface area contributed by atoms with E-state index in [9.17, 15) is 13.2 Å². The van der Waals surface area contributed by atoms with E-state index in [-0.39, 0.29) is 52.8 Å². The number of fused-ring (bicyclic) bond motifs is 5. The first-order valence-corrected chi connectivity index (χ1v) is 18.7. The Balaban J connectivity index is 1.23. The molecule has 0 spiro atoms. The van der Waals surface area contributed by atoms with Crippen molar-refractivity contribution in [1.29, 1.82) is 0 Å². The van der Waals surface area contributed by atoms with Gasteiger partial charge in [-0.2, -0.15) is 4.98 Å². The van der Waals surface area contributed by atoms with Gasteiger partial charge in [-0.25, -0.2) is 28.1 Å². The van der Waals surface area contributed by atoms with Gasteiger partial charge in [0.2, 0.25) is 17.5 Å². The number of rotatable bonds is 6. The molecule has 2 fully saturated rings. The number of carbonyl (C=O) groups is 1. The molecule has 2 aromatic carbocycles. The number of furan rings is 1. The minimum absolute atomic E-state index is 0.0735. The average molecular weight is 693 g/mol. The van der Waals surface area contributed by atoms with Crippen molar-refractivity contribution in [3.8, 4) is 17.1 Å². The molecule has 2 saturated carbocycles. The van der Waals surface area contributed by atoms with Gasteiger partial charge in [-0.3, -0.25) is 4.79 Å². The van der Waals surface area contributed by atoms with Crippen LogP contribution in [0.4, 0.5) is 5.95 Å². The van der Waals surface area contributed by atoms with Crippen LogP contribution >= 0.6 is 0 Å². The summed E-state index contributed by atoms with van der Waals surface area (Å²) in [4.78, 5) is 34.8. The van der Waals surface area contributed by atoms with Gasteiger partial charge >= 0.3 is 0 Å². The first kappa shape index (κ1) is 32.4. The molecule has 12 heteroatoms. The van der Waals surface area contributed by atoms with E-state index in [0.717, 1.165) is 48.1 Å². The van der Waals surface area contributed by atoms with E-state index < -0.39 is 10.0 Å². The molecule has 258 valence electrons. The Morgan fingerprint density at radius 3 is 2.48 bits per heavy atom. The van der Waals surface area contributed by atoms with E-state index in [1.165, 1.54) is 12.1 Å². The molecule has 1 atom stereocenters. The van der Waals surface area contributed by atoms with Gasteiger partial charge in [0.05, 0.1) is 35.1 Å². The van der Waals surface area contributed by atoms with Crippen LogP contribution in [0.15, 0.2) is 70.1 Å². The van der Waals surface area contributed by atoms with Gasteiger partial charge in [-0.05, 0) is 86.6 Å². The smallest absolute Gasteiger partial charge is 0.264 e. The maximum atomic E-state index is 14.6. The molecule has 0 saturated heterocycles. The maximum absolute atomic E-state index is 14.6. The number of anilines is 1. The lowest BCUT2D eigenvalue weighted by molar-refractivity contribution is 0.0318. The van der Waals surface area contributed by atoms with Gasteiger partial charge in [0.25, 0.3) is 15.9 Å². The van der Waals surface area contributed by atoms with Crippen LogP contribution in [-0.2, 0) is 16.6 Å². The zero-order valence-corrected chi connectivity index (χ0v) is 29.5. The number of ether oxygens (including phenoxy) is 1. The number of benzene rings is 2. The van der Waals surface area contributed by atoms with Crippen molar-refractivity contribution < 1.29 is 22.4 Å². The van der Waals surface area contributed by atoms with Crippen LogP contribution in [-0.4, -0.2) is 51.8 Å². The summed E-state index contributed by atoms with van der Waals surface area (Å²) in [5, 5.41) is 0. The first-order chi connectivity index (χ1) is 23.9. The number of aryl methyl sites for hydroxylation is 2. The van der Waals surface area contributed by atoms with Crippen LogP contribution in [0.2, 0.25) is 0 Å². The topological polar surface area (TPSA) is 140 Å². The molecule has 2 aliphatic carbocycles. The normalized spacial score (nSPS) is 20.2. The highest BCUT2D eigenvalue weighted by atomic mass is 32.2. The standard InChI is InChI=1S/C38H40N6O5S/c1-22-7-5-8-23(2)34(22)30-16-33-42-37(41-30)43-50(46,47)29-10-6-9-26(14-29)36(45)44(28(21-48-33)13-24-17-38(3,4)18-24)20-27-19-39-35-31(40-27)15-32(49-35)25-11-12-25/h5-10,14-16,19,24-25,28H,11-13,17-18,20-21H2,1-4H3,(H,41,42,43). The predicted octanol–water partition coefficient (Wildman–Crippen LogP) is 7.20. The summed E-state index contributed by atoms with van der Waals surface area (Å²) in [5.74, 6) is 1.46. The average Bonchev–Trinajstić information content (AvgIpc) is 3.82. The maximum Gasteiger partial charge on any atom is 0.264 e. The SMILES string of the molecule is Cc1cccc(C)c1-c1cc2nc(n1)NS(=O)(=O)c1cccc(c1)C(=O)N(Cc1cnc3oc(C4CC4)cc3n1)C(CC1CC(C)(C)C1)CO2. The number of hydrogen-bond donors (Lipinski definition) is 1. The van der Waals surface area contributed by atoms with Crippen LogP contribution in [0.25, 0.3) is 22.5 Å². The number of aromatic nitrogens is 4. The van der Waals surface area contributed by atoms with Crippen molar-refractivity contribution in [2.24, 2.45) is 11.3 Å². The number of amides is 1. The minimum atomic E-state index is -4.18. The molecule has 1 aliphatic heterocycles. The Morgan fingerprint density at radius 2 is 1.74 bits per heavy atom. The van der Waals surface area contributed by atoms with Crippen molar-refractivity contribution in [3.63, 3.8) is 0 Å². The molecule has 11 nitrogen and oxygen atoms in total. The lowest BCUT2D eigenvalue weighted by atomic mass is 9.63. The minimum Gasteiger partial charge on any atom is -0.475 e. The number of sulfonamides is 1. The van der Waals surface area contributed by atoms with Crippen molar-refractivity contribution in [2.45, 2.75) is 83.2 Å². The summed E-state index contributed by atoms with van der Waals surface area (Å²) in [7, 11) is -4.18. The van der Waals surface area contributed by atoms with Gasteiger partial charge in [-0.15, -0.1) is 0 Å². The molecule has 3 aliphatic rings. The van der Waals surface area contributed by atoms with Crippen molar-refractivity contribution >= 4 is 33.1 Å². The number of hydrogen-bond acceptors (Lipinski definition) is 9. The fraction of sp³-hybridized carbons (Fsp3) is 0.395. The Kier molecular flexibility index (Phi) is 7.89. The molecule has 3 aromatic heterocycles. The molecule has 4 bridgehead atoms. The molecular formula is C38H40N6O5S. The van der Waals surface area contributed by atoms with Gasteiger partial charge in [0.1, 0.15) is 17.9 Å². The van der Waals surface area contributed by atoms with Crippen molar-refractivity contribution in [3.05, 3.63) is 88.9 Å². The van der Waals surface area contributed by atoms with Crippen LogP contribution in [0, 0.1) is 25.2 Å². The number of carbonyl (C=O) groups excluding carboxylic acids is 1. The molecule has 0 radical (unpaired) electrons. The Bertz CT molecular complexity index is 2220. The van der Waals surface area contributed by atoms with E-state index >= 15 is 0 Å². The van der Waals surface area contributed by atoms with Crippen LogP contribution in [0.5, 0.6) is 5.88 Å². The summed E-state index contributed by atoms with van der Waals surface area (Å²) >= 11 is 0. The van der Waals surface area contributed by atoms with Crippen LogP contribution in [0.3, 0.4) is 0 Å². The molecule has 50 heavy (non-hydrogen) atoms. The largest absolute Gasteiger partial charge is 0.475 e. The third-order valence-corrected chi connectivity index (χ3v) is 11.4. The third kappa shape index (κ3) is 6.44. The van der Waals surface area contributed by atoms with E-state index in [2.05, 4.69) is 33.5 Å². The van der Waals surface area contributed by atoms with Crippen LogP contribution in [0.1, 0.15) is 84.8 Å². The number of nitrogens with zero attached hydrogens (tertiary/aromatic N) is 5. The lowest BCUT2D eigenvalue weighted by Crippen LogP contribution is -2.46. The highest BCUT2D eigenvalue weighted by molar-refractivity contribution is 7.92. The Labute approximate surface area is 291 Å². The second-order valence-electron chi connectivity index (χ2n) is 14.9. The Hall–Kier alpha value is -4.84. The highest BCUT2D eigenvalue weighted by Gasteiger charge is 2.39. The van der Waals surface area contributed by atoms with Crippen molar-refractivity contribution in [2.75, 3.05) is 11.3 Å². The van der Waals surface area contributed by atoms with E-state index in [4.69, 9.17) is 14.1 Å². The lowest BCUT2D eigenvalue weighted by Gasteiger charge is -2.45. The molecule has 1 N–H and O–H groups in total. The first-order valence-electron chi connectivity index (χ1n) is 17.2. The van der Waals surface area contributed by atoms with Gasteiger partial charge in [-0.1, -0.05) is 38.1 Å². The van der Waals surface area contributed by atoms with Gasteiger partial charge in [0.15, 0.2) is 0 Å². The second kappa shape index (κ2) is 12.2. The fourth-order valence-corrected chi connectivity index (χ4v) is 8.61.